The van der Waals surface area contributed by atoms with Crippen molar-refractivity contribution in [2.75, 3.05) is 0 Å². The Labute approximate surface area is 72.5 Å². The largest absolute Gasteiger partial charge is 0.388 e. The van der Waals surface area contributed by atoms with Crippen molar-refractivity contribution in [2.24, 2.45) is 0 Å². The lowest BCUT2D eigenvalue weighted by Gasteiger charge is -2.26. The van der Waals surface area contributed by atoms with Gasteiger partial charge in [0.25, 0.3) is 0 Å². The van der Waals surface area contributed by atoms with E-state index in [9.17, 15) is 10.2 Å². The number of allylic oxidation sites excluding steroid dienone is 2. The fraction of sp³-hybridized carbons (Fsp3) is 0.400. The van der Waals surface area contributed by atoms with Crippen LogP contribution in [0.4, 0.5) is 0 Å². The third-order valence-corrected chi connectivity index (χ3v) is 2.12. The summed E-state index contributed by atoms with van der Waals surface area (Å²) >= 11 is 0. The highest BCUT2D eigenvalue weighted by Gasteiger charge is 2.24. The Morgan fingerprint density at radius 2 is 1.75 bits per heavy atom. The van der Waals surface area contributed by atoms with E-state index in [1.807, 2.05) is 6.08 Å². The molecular weight excluding hydrogens is 152 g/mol. The average Bonchev–Trinajstić information content (AvgIpc) is 2.01. The Morgan fingerprint density at radius 3 is 2.17 bits per heavy atom. The van der Waals surface area contributed by atoms with E-state index in [2.05, 4.69) is 13.2 Å². The van der Waals surface area contributed by atoms with Gasteiger partial charge < -0.3 is 10.2 Å². The van der Waals surface area contributed by atoms with Gasteiger partial charge in [0.2, 0.25) is 0 Å². The molecule has 0 saturated heterocycles. The van der Waals surface area contributed by atoms with E-state index in [1.165, 1.54) is 0 Å². The quantitative estimate of drug-likeness (QED) is 0.574. The minimum atomic E-state index is -0.597. The topological polar surface area (TPSA) is 40.5 Å². The van der Waals surface area contributed by atoms with Crippen LogP contribution in [0.25, 0.3) is 0 Å². The van der Waals surface area contributed by atoms with E-state index in [0.29, 0.717) is 18.4 Å². The predicted octanol–water partition coefficient (Wildman–Crippen LogP) is 1.17. The number of aliphatic hydroxyl groups excluding tert-OH is 2. The zero-order valence-electron chi connectivity index (χ0n) is 7.03. The second-order valence-corrected chi connectivity index (χ2v) is 3.08. The van der Waals surface area contributed by atoms with Crippen LogP contribution >= 0.6 is 0 Å². The van der Waals surface area contributed by atoms with Crippen LogP contribution in [-0.2, 0) is 0 Å². The summed E-state index contributed by atoms with van der Waals surface area (Å²) < 4.78 is 0. The second-order valence-electron chi connectivity index (χ2n) is 3.08. The van der Waals surface area contributed by atoms with Crippen molar-refractivity contribution in [1.82, 2.24) is 0 Å². The molecule has 0 spiro atoms. The van der Waals surface area contributed by atoms with E-state index < -0.39 is 12.2 Å². The van der Waals surface area contributed by atoms with Crippen molar-refractivity contribution in [3.63, 3.8) is 0 Å². The van der Waals surface area contributed by atoms with Crippen LogP contribution in [0.2, 0.25) is 0 Å². The molecular formula is C10H14O2. The van der Waals surface area contributed by atoms with Crippen LogP contribution in [-0.4, -0.2) is 22.4 Å². The van der Waals surface area contributed by atoms with Gasteiger partial charge in [-0.2, -0.15) is 0 Å². The van der Waals surface area contributed by atoms with E-state index in [4.69, 9.17) is 0 Å². The van der Waals surface area contributed by atoms with Gasteiger partial charge in [0, 0.05) is 0 Å². The lowest BCUT2D eigenvalue weighted by molar-refractivity contribution is 0.123. The molecule has 0 aromatic rings. The van der Waals surface area contributed by atoms with Crippen LogP contribution < -0.4 is 0 Å². The standard InChI is InChI=1S/C10H14O2/c1-3-4-8-5-9(11)7(2)10(12)6-8/h3-4,9-12H,1-2,5-6H2/t9-,10-/m1/s1. The summed E-state index contributed by atoms with van der Waals surface area (Å²) in [5.41, 5.74) is 1.55. The van der Waals surface area contributed by atoms with E-state index in [0.717, 1.165) is 5.57 Å². The third kappa shape index (κ3) is 1.84. The molecule has 2 heteroatoms. The zero-order chi connectivity index (χ0) is 9.14. The molecule has 1 fully saturated rings. The SMILES string of the molecule is C=CC=C1C[C@@H](O)C(=C)[C@H](O)C1. The summed E-state index contributed by atoms with van der Waals surface area (Å²) in [4.78, 5) is 0. The summed E-state index contributed by atoms with van der Waals surface area (Å²) in [6.07, 6.45) is 3.45. The Hall–Kier alpha value is -0.860. The first kappa shape index (κ1) is 9.23. The molecule has 0 aromatic heterocycles. The molecule has 12 heavy (non-hydrogen) atoms. The van der Waals surface area contributed by atoms with E-state index in [-0.39, 0.29) is 0 Å². The molecule has 1 rings (SSSR count). The minimum Gasteiger partial charge on any atom is -0.388 e. The summed E-state index contributed by atoms with van der Waals surface area (Å²) in [6, 6.07) is 0. The first-order valence-electron chi connectivity index (χ1n) is 4.00. The van der Waals surface area contributed by atoms with Gasteiger partial charge in [0.05, 0.1) is 12.2 Å². The molecule has 0 heterocycles. The molecule has 0 amide bonds. The fourth-order valence-electron chi connectivity index (χ4n) is 1.37. The molecule has 0 aliphatic heterocycles. The van der Waals surface area contributed by atoms with E-state index in [1.54, 1.807) is 6.08 Å². The predicted molar refractivity (Wildman–Crippen MR) is 48.7 cm³/mol. The van der Waals surface area contributed by atoms with Crippen LogP contribution in [0.3, 0.4) is 0 Å². The third-order valence-electron chi connectivity index (χ3n) is 2.12. The van der Waals surface area contributed by atoms with Crippen molar-refractivity contribution in [3.8, 4) is 0 Å². The molecule has 0 bridgehead atoms. The van der Waals surface area contributed by atoms with Crippen molar-refractivity contribution < 1.29 is 10.2 Å². The fourth-order valence-corrected chi connectivity index (χ4v) is 1.37. The highest BCUT2D eigenvalue weighted by Crippen LogP contribution is 2.27. The summed E-state index contributed by atoms with van der Waals surface area (Å²) in [5, 5.41) is 18.8. The molecule has 0 aromatic carbocycles. The maximum Gasteiger partial charge on any atom is 0.0809 e. The summed E-state index contributed by atoms with van der Waals surface area (Å²) in [6.45, 7) is 7.18. The van der Waals surface area contributed by atoms with Crippen LogP contribution in [0.5, 0.6) is 0 Å². The van der Waals surface area contributed by atoms with Crippen molar-refractivity contribution in [3.05, 3.63) is 36.5 Å². The van der Waals surface area contributed by atoms with Crippen molar-refractivity contribution in [1.29, 1.82) is 0 Å². The maximum absolute atomic E-state index is 9.41. The minimum absolute atomic E-state index is 0.524. The van der Waals surface area contributed by atoms with Gasteiger partial charge in [-0.05, 0) is 18.4 Å². The molecule has 66 valence electrons. The molecule has 1 aliphatic carbocycles. The second kappa shape index (κ2) is 3.70. The average molecular weight is 166 g/mol. The maximum atomic E-state index is 9.41. The van der Waals surface area contributed by atoms with Crippen molar-refractivity contribution in [2.45, 2.75) is 25.0 Å². The van der Waals surface area contributed by atoms with Gasteiger partial charge in [-0.1, -0.05) is 30.9 Å². The van der Waals surface area contributed by atoms with Crippen LogP contribution in [0.15, 0.2) is 36.5 Å². The van der Waals surface area contributed by atoms with Crippen molar-refractivity contribution >= 4 is 0 Å². The first-order chi connectivity index (χ1) is 5.65. The Kier molecular flexibility index (Phi) is 2.84. The highest BCUT2D eigenvalue weighted by molar-refractivity contribution is 5.25. The lowest BCUT2D eigenvalue weighted by atomic mass is 9.86. The molecule has 1 aliphatic rings. The molecule has 2 N–H and O–H groups in total. The number of aliphatic hydroxyl groups is 2. The Balaban J connectivity index is 2.72. The smallest absolute Gasteiger partial charge is 0.0809 e. The first-order valence-corrected chi connectivity index (χ1v) is 4.00. The molecule has 1 saturated carbocycles. The summed E-state index contributed by atoms with van der Waals surface area (Å²) in [5.74, 6) is 0. The van der Waals surface area contributed by atoms with Gasteiger partial charge in [-0.3, -0.25) is 0 Å². The van der Waals surface area contributed by atoms with Crippen LogP contribution in [0.1, 0.15) is 12.8 Å². The van der Waals surface area contributed by atoms with E-state index >= 15 is 0 Å². The number of rotatable bonds is 1. The molecule has 0 radical (unpaired) electrons. The van der Waals surface area contributed by atoms with Gasteiger partial charge in [0.1, 0.15) is 0 Å². The number of hydrogen-bond acceptors (Lipinski definition) is 2. The highest BCUT2D eigenvalue weighted by atomic mass is 16.3. The molecule has 0 unspecified atom stereocenters. The molecule has 2 atom stereocenters. The number of hydrogen-bond donors (Lipinski definition) is 2. The normalized spacial score (nSPS) is 30.2. The van der Waals surface area contributed by atoms with Gasteiger partial charge in [-0.15, -0.1) is 0 Å². The monoisotopic (exact) mass is 166 g/mol. The Bertz CT molecular complexity index is 212. The van der Waals surface area contributed by atoms with Gasteiger partial charge in [-0.25, -0.2) is 0 Å². The zero-order valence-corrected chi connectivity index (χ0v) is 7.03. The summed E-state index contributed by atoms with van der Waals surface area (Å²) in [7, 11) is 0. The van der Waals surface area contributed by atoms with Crippen LogP contribution in [0, 0.1) is 0 Å². The lowest BCUT2D eigenvalue weighted by Crippen LogP contribution is -2.27. The van der Waals surface area contributed by atoms with Gasteiger partial charge in [0.15, 0.2) is 0 Å². The Morgan fingerprint density at radius 1 is 1.25 bits per heavy atom. The molecule has 2 nitrogen and oxygen atoms in total. The van der Waals surface area contributed by atoms with Gasteiger partial charge >= 0.3 is 0 Å².